The highest BCUT2D eigenvalue weighted by molar-refractivity contribution is 8.26. The van der Waals surface area contributed by atoms with Crippen LogP contribution in [0.25, 0.3) is 0 Å². The van der Waals surface area contributed by atoms with Crippen LogP contribution in [0.4, 0.5) is 0 Å². The molecule has 1 aromatic heterocycles. The molecular formula is C16H16N2O3S3. The predicted molar refractivity (Wildman–Crippen MR) is 101 cm³/mol. The molecular weight excluding hydrogens is 364 g/mol. The third-order valence-corrected chi connectivity index (χ3v) is 6.22. The first-order valence-electron chi connectivity index (χ1n) is 7.48. The van der Waals surface area contributed by atoms with Crippen molar-refractivity contribution in [2.45, 2.75) is 24.1 Å². The molecule has 2 aliphatic heterocycles. The van der Waals surface area contributed by atoms with Gasteiger partial charge in [-0.2, -0.15) is 0 Å². The van der Waals surface area contributed by atoms with Crippen molar-refractivity contribution in [1.82, 2.24) is 9.47 Å². The average molecular weight is 381 g/mol. The second kappa shape index (κ2) is 7.58. The molecule has 0 saturated carbocycles. The van der Waals surface area contributed by atoms with E-state index in [9.17, 15) is 9.59 Å². The molecule has 0 spiro atoms. The molecule has 0 aromatic carbocycles. The lowest BCUT2D eigenvalue weighted by Crippen LogP contribution is -2.29. The summed E-state index contributed by atoms with van der Waals surface area (Å²) in [4.78, 5) is 25.3. The van der Waals surface area contributed by atoms with Crippen LogP contribution in [0, 0.1) is 0 Å². The van der Waals surface area contributed by atoms with Crippen molar-refractivity contribution in [3.8, 4) is 0 Å². The summed E-state index contributed by atoms with van der Waals surface area (Å²) in [5, 5.41) is 10.9. The summed E-state index contributed by atoms with van der Waals surface area (Å²) >= 11 is 8.25. The fourth-order valence-corrected chi connectivity index (χ4v) is 5.06. The fraction of sp³-hybridized carbons (Fsp3) is 0.312. The molecule has 2 aliphatic rings. The number of aromatic nitrogens is 1. The molecule has 2 atom stereocenters. The second-order valence-corrected chi connectivity index (χ2v) is 8.17. The number of carboxylic acids is 1. The van der Waals surface area contributed by atoms with Gasteiger partial charge < -0.3 is 9.67 Å². The van der Waals surface area contributed by atoms with E-state index in [0.29, 0.717) is 22.2 Å². The molecule has 0 aliphatic carbocycles. The van der Waals surface area contributed by atoms with Crippen LogP contribution in [-0.4, -0.2) is 42.6 Å². The number of carboxylic acid groups (broad SMARTS) is 1. The molecule has 3 heterocycles. The molecule has 3 rings (SSSR count). The number of allylic oxidation sites excluding steroid dienone is 1. The molecule has 24 heavy (non-hydrogen) atoms. The minimum atomic E-state index is -0.862. The summed E-state index contributed by atoms with van der Waals surface area (Å²) in [7, 11) is 0. The summed E-state index contributed by atoms with van der Waals surface area (Å²) in [5.74, 6) is -0.979. The molecule has 1 amide bonds. The van der Waals surface area contributed by atoms with Crippen molar-refractivity contribution < 1.29 is 14.7 Å². The van der Waals surface area contributed by atoms with E-state index in [1.54, 1.807) is 11.8 Å². The topological polar surface area (TPSA) is 62.5 Å². The third-order valence-electron chi connectivity index (χ3n) is 3.78. The number of thioether (sulfide) groups is 2. The quantitative estimate of drug-likeness (QED) is 0.604. The van der Waals surface area contributed by atoms with Gasteiger partial charge in [0.1, 0.15) is 4.32 Å². The van der Waals surface area contributed by atoms with Crippen molar-refractivity contribution in [2.24, 2.45) is 0 Å². The number of rotatable bonds is 6. The Labute approximate surface area is 153 Å². The van der Waals surface area contributed by atoms with E-state index in [1.165, 1.54) is 16.7 Å². The lowest BCUT2D eigenvalue weighted by molar-refractivity contribution is -0.137. The zero-order chi connectivity index (χ0) is 17.1. The van der Waals surface area contributed by atoms with E-state index < -0.39 is 5.97 Å². The maximum Gasteiger partial charge on any atom is 0.303 e. The van der Waals surface area contributed by atoms with Crippen LogP contribution in [0.1, 0.15) is 18.9 Å². The summed E-state index contributed by atoms with van der Waals surface area (Å²) in [6.07, 6.45) is 8.57. The van der Waals surface area contributed by atoms with Gasteiger partial charge >= 0.3 is 5.97 Å². The molecule has 0 radical (unpaired) electrons. The van der Waals surface area contributed by atoms with Crippen LogP contribution in [0.3, 0.4) is 0 Å². The number of nitrogens with zero attached hydrogens (tertiary/aromatic N) is 2. The number of amides is 1. The van der Waals surface area contributed by atoms with Gasteiger partial charge in [0, 0.05) is 25.4 Å². The van der Waals surface area contributed by atoms with Gasteiger partial charge in [0.05, 0.1) is 16.2 Å². The van der Waals surface area contributed by atoms with Crippen LogP contribution in [0.5, 0.6) is 0 Å². The number of carbonyl (C=O) groups is 2. The lowest BCUT2D eigenvalue weighted by atomic mass is 10.2. The Bertz CT molecular complexity index is 712. The Morgan fingerprint density at radius 2 is 2.12 bits per heavy atom. The van der Waals surface area contributed by atoms with Crippen LogP contribution in [0.2, 0.25) is 0 Å². The minimum absolute atomic E-state index is 0.0359. The molecule has 1 N–H and O–H groups in total. The van der Waals surface area contributed by atoms with Crippen LogP contribution < -0.4 is 0 Å². The fourth-order valence-electron chi connectivity index (χ4n) is 2.60. The van der Waals surface area contributed by atoms with Crippen LogP contribution in [-0.2, 0) is 9.59 Å². The SMILES string of the molecule is O=C(O)CCCN1C(=O)/C(=C\C2SC=CC2n2cccc2)SC1=S. The van der Waals surface area contributed by atoms with E-state index in [4.69, 9.17) is 17.3 Å². The molecule has 1 aromatic rings. The van der Waals surface area contributed by atoms with Gasteiger partial charge in [-0.3, -0.25) is 14.5 Å². The van der Waals surface area contributed by atoms with Gasteiger partial charge in [0.25, 0.3) is 5.91 Å². The zero-order valence-corrected chi connectivity index (χ0v) is 15.1. The number of aliphatic carboxylic acids is 1. The van der Waals surface area contributed by atoms with Gasteiger partial charge in [0.2, 0.25) is 0 Å². The normalized spacial score (nSPS) is 25.2. The molecule has 8 heteroatoms. The van der Waals surface area contributed by atoms with Crippen molar-refractivity contribution in [2.75, 3.05) is 6.54 Å². The Morgan fingerprint density at radius 1 is 1.38 bits per heavy atom. The number of hydrogen-bond donors (Lipinski definition) is 1. The average Bonchev–Trinajstić information content (AvgIpc) is 3.24. The Morgan fingerprint density at radius 3 is 2.83 bits per heavy atom. The maximum absolute atomic E-state index is 12.5. The number of thiocarbonyl (C=S) groups is 1. The first kappa shape index (κ1) is 17.3. The Balaban J connectivity index is 1.68. The minimum Gasteiger partial charge on any atom is -0.481 e. The Hall–Kier alpha value is -1.51. The van der Waals surface area contributed by atoms with Crippen LogP contribution >= 0.6 is 35.7 Å². The highest BCUT2D eigenvalue weighted by atomic mass is 32.2. The van der Waals surface area contributed by atoms with E-state index in [-0.39, 0.29) is 23.6 Å². The van der Waals surface area contributed by atoms with Crippen LogP contribution in [0.15, 0.2) is 47.0 Å². The highest BCUT2D eigenvalue weighted by Crippen LogP contribution is 2.39. The van der Waals surface area contributed by atoms with Crippen molar-refractivity contribution in [3.63, 3.8) is 0 Å². The molecule has 1 saturated heterocycles. The van der Waals surface area contributed by atoms with E-state index in [2.05, 4.69) is 16.1 Å². The first-order chi connectivity index (χ1) is 11.6. The molecule has 1 fully saturated rings. The monoisotopic (exact) mass is 380 g/mol. The summed E-state index contributed by atoms with van der Waals surface area (Å²) in [6, 6.07) is 4.14. The smallest absolute Gasteiger partial charge is 0.303 e. The first-order valence-corrected chi connectivity index (χ1v) is 9.65. The largest absolute Gasteiger partial charge is 0.481 e. The van der Waals surface area contributed by atoms with Crippen molar-refractivity contribution in [3.05, 3.63) is 47.0 Å². The predicted octanol–water partition coefficient (Wildman–Crippen LogP) is 3.27. The third kappa shape index (κ3) is 3.76. The van der Waals surface area contributed by atoms with Gasteiger partial charge in [0.15, 0.2) is 0 Å². The maximum atomic E-state index is 12.5. The molecule has 0 bridgehead atoms. The highest BCUT2D eigenvalue weighted by Gasteiger charge is 2.34. The summed E-state index contributed by atoms with van der Waals surface area (Å²) < 4.78 is 2.62. The summed E-state index contributed by atoms with van der Waals surface area (Å²) in [6.45, 7) is 0.353. The lowest BCUT2D eigenvalue weighted by Gasteiger charge is -2.17. The van der Waals surface area contributed by atoms with Gasteiger partial charge in [-0.15, -0.1) is 11.8 Å². The van der Waals surface area contributed by atoms with E-state index in [0.717, 1.165) is 0 Å². The van der Waals surface area contributed by atoms with Gasteiger partial charge in [-0.05, 0) is 30.0 Å². The van der Waals surface area contributed by atoms with Gasteiger partial charge in [-0.25, -0.2) is 0 Å². The summed E-state index contributed by atoms with van der Waals surface area (Å²) in [5.41, 5.74) is 0. The van der Waals surface area contributed by atoms with Crippen molar-refractivity contribution >= 4 is 51.9 Å². The second-order valence-electron chi connectivity index (χ2n) is 5.40. The number of hydrogen-bond acceptors (Lipinski definition) is 5. The zero-order valence-electron chi connectivity index (χ0n) is 12.7. The van der Waals surface area contributed by atoms with E-state index >= 15 is 0 Å². The molecule has 126 valence electrons. The Kier molecular flexibility index (Phi) is 5.47. The standard InChI is InChI=1S/C16H16N2O3S3/c19-14(20)4-3-8-18-15(21)13(24-16(18)22)10-12-11(5-9-23-12)17-6-1-2-7-17/h1-2,5-7,9-12H,3-4,8H2,(H,19,20)/b13-10+. The number of carbonyl (C=O) groups excluding carboxylic acids is 1. The molecule has 5 nitrogen and oxygen atoms in total. The van der Waals surface area contributed by atoms with E-state index in [1.807, 2.05) is 30.6 Å². The van der Waals surface area contributed by atoms with Gasteiger partial charge in [-0.1, -0.05) is 30.1 Å². The molecule has 2 unspecified atom stereocenters. The van der Waals surface area contributed by atoms with Crippen molar-refractivity contribution in [1.29, 1.82) is 0 Å².